The minimum absolute atomic E-state index is 0.255. The van der Waals surface area contributed by atoms with Gasteiger partial charge in [-0.2, -0.15) is 0 Å². The third kappa shape index (κ3) is 6.33. The van der Waals surface area contributed by atoms with Gasteiger partial charge in [-0.25, -0.2) is 0 Å². The third-order valence-electron chi connectivity index (χ3n) is 3.05. The summed E-state index contributed by atoms with van der Waals surface area (Å²) in [7, 11) is -2.46. The molecule has 1 aliphatic rings. The summed E-state index contributed by atoms with van der Waals surface area (Å²) in [4.78, 5) is 0. The van der Waals surface area contributed by atoms with Crippen molar-refractivity contribution in [3.63, 3.8) is 0 Å². The maximum Gasteiger partial charge on any atom is 0.500 e. The Labute approximate surface area is 118 Å². The highest BCUT2D eigenvalue weighted by molar-refractivity contribution is 6.60. The standard InChI is InChI=1S/C13H29NO4Si/c1-4-11-19(16-5-2,17-6-3)18-9-7-13-12-14-8-10-15-13/h13-14H,4-12H2,1-3H3. The molecular formula is C13H29NO4Si. The van der Waals surface area contributed by atoms with Gasteiger partial charge >= 0.3 is 8.80 Å². The van der Waals surface area contributed by atoms with Crippen molar-refractivity contribution in [2.75, 3.05) is 39.5 Å². The predicted octanol–water partition coefficient (Wildman–Crippen LogP) is 1.80. The lowest BCUT2D eigenvalue weighted by molar-refractivity contribution is 0.00304. The molecule has 1 atom stereocenters. The van der Waals surface area contributed by atoms with Gasteiger partial charge in [0.2, 0.25) is 0 Å². The topological polar surface area (TPSA) is 49.0 Å². The Morgan fingerprint density at radius 2 is 1.89 bits per heavy atom. The van der Waals surface area contributed by atoms with E-state index in [9.17, 15) is 0 Å². The molecule has 0 saturated carbocycles. The normalized spacial score (nSPS) is 20.7. The first-order valence-electron chi connectivity index (χ1n) is 7.50. The highest BCUT2D eigenvalue weighted by atomic mass is 28.4. The van der Waals surface area contributed by atoms with Crippen molar-refractivity contribution in [1.82, 2.24) is 5.32 Å². The molecule has 19 heavy (non-hydrogen) atoms. The van der Waals surface area contributed by atoms with Gasteiger partial charge in [-0.15, -0.1) is 0 Å². The fourth-order valence-corrected chi connectivity index (χ4v) is 4.84. The van der Waals surface area contributed by atoms with Crippen LogP contribution < -0.4 is 5.32 Å². The Balaban J connectivity index is 2.36. The summed E-state index contributed by atoms with van der Waals surface area (Å²) in [6, 6.07) is 0.887. The second-order valence-electron chi connectivity index (χ2n) is 4.63. The minimum atomic E-state index is -2.46. The molecule has 5 nitrogen and oxygen atoms in total. The first kappa shape index (κ1) is 17.1. The summed E-state index contributed by atoms with van der Waals surface area (Å²) in [6.45, 7) is 10.7. The van der Waals surface area contributed by atoms with Crippen molar-refractivity contribution < 1.29 is 18.0 Å². The van der Waals surface area contributed by atoms with Crippen LogP contribution in [-0.2, 0) is 18.0 Å². The van der Waals surface area contributed by atoms with E-state index in [-0.39, 0.29) is 6.10 Å². The van der Waals surface area contributed by atoms with Crippen LogP contribution in [0.2, 0.25) is 6.04 Å². The van der Waals surface area contributed by atoms with Crippen LogP contribution in [0.4, 0.5) is 0 Å². The lowest BCUT2D eigenvalue weighted by Crippen LogP contribution is -2.47. The van der Waals surface area contributed by atoms with Gasteiger partial charge in [-0.1, -0.05) is 13.3 Å². The van der Waals surface area contributed by atoms with Crippen molar-refractivity contribution in [3.05, 3.63) is 0 Å². The minimum Gasteiger partial charge on any atom is -0.375 e. The lowest BCUT2D eigenvalue weighted by atomic mass is 10.2. The van der Waals surface area contributed by atoms with E-state index in [1.54, 1.807) is 0 Å². The second-order valence-corrected chi connectivity index (χ2v) is 7.37. The van der Waals surface area contributed by atoms with Crippen LogP contribution in [0, 0.1) is 0 Å². The quantitative estimate of drug-likeness (QED) is 0.622. The van der Waals surface area contributed by atoms with E-state index in [0.29, 0.717) is 19.8 Å². The summed E-state index contributed by atoms with van der Waals surface area (Å²) in [5.74, 6) is 0. The summed E-state index contributed by atoms with van der Waals surface area (Å²) >= 11 is 0. The van der Waals surface area contributed by atoms with E-state index in [1.807, 2.05) is 13.8 Å². The van der Waals surface area contributed by atoms with E-state index < -0.39 is 8.80 Å². The predicted molar refractivity (Wildman–Crippen MR) is 77.3 cm³/mol. The molecule has 0 spiro atoms. The smallest absolute Gasteiger partial charge is 0.375 e. The maximum atomic E-state index is 6.04. The Morgan fingerprint density at radius 3 is 2.42 bits per heavy atom. The number of hydrogen-bond acceptors (Lipinski definition) is 5. The van der Waals surface area contributed by atoms with Crippen LogP contribution in [0.5, 0.6) is 0 Å². The van der Waals surface area contributed by atoms with Crippen molar-refractivity contribution in [2.24, 2.45) is 0 Å². The number of nitrogens with one attached hydrogen (secondary N) is 1. The van der Waals surface area contributed by atoms with Crippen molar-refractivity contribution in [3.8, 4) is 0 Å². The molecule has 1 saturated heterocycles. The molecule has 1 heterocycles. The van der Waals surface area contributed by atoms with Crippen molar-refractivity contribution >= 4 is 8.80 Å². The zero-order chi connectivity index (χ0) is 14.0. The zero-order valence-corrected chi connectivity index (χ0v) is 13.6. The molecule has 0 aromatic carbocycles. The van der Waals surface area contributed by atoms with Crippen molar-refractivity contribution in [2.45, 2.75) is 45.8 Å². The zero-order valence-electron chi connectivity index (χ0n) is 12.6. The molecule has 0 aromatic rings. The fourth-order valence-electron chi connectivity index (χ4n) is 2.24. The lowest BCUT2D eigenvalue weighted by Gasteiger charge is -2.30. The maximum absolute atomic E-state index is 6.04. The molecule has 1 fully saturated rings. The average Bonchev–Trinajstić information content (AvgIpc) is 2.41. The molecule has 1 N–H and O–H groups in total. The second kappa shape index (κ2) is 9.85. The van der Waals surface area contributed by atoms with Crippen LogP contribution >= 0.6 is 0 Å². The average molecular weight is 291 g/mol. The monoisotopic (exact) mass is 291 g/mol. The Hall–Kier alpha value is 0.0169. The summed E-state index contributed by atoms with van der Waals surface area (Å²) in [6.07, 6.45) is 2.17. The third-order valence-corrected chi connectivity index (χ3v) is 6.26. The van der Waals surface area contributed by atoms with E-state index in [2.05, 4.69) is 12.2 Å². The van der Waals surface area contributed by atoms with E-state index in [0.717, 1.165) is 38.6 Å². The molecule has 0 radical (unpaired) electrons. The summed E-state index contributed by atoms with van der Waals surface area (Å²) < 4.78 is 23.4. The van der Waals surface area contributed by atoms with Gasteiger partial charge in [0.1, 0.15) is 0 Å². The van der Waals surface area contributed by atoms with E-state index in [4.69, 9.17) is 18.0 Å². The van der Waals surface area contributed by atoms with Crippen LogP contribution in [-0.4, -0.2) is 54.4 Å². The highest BCUT2D eigenvalue weighted by Crippen LogP contribution is 2.18. The SMILES string of the molecule is CCC[Si](OCC)(OCC)OCCC1CNCCO1. The number of hydrogen-bond donors (Lipinski definition) is 1. The van der Waals surface area contributed by atoms with Crippen molar-refractivity contribution in [1.29, 1.82) is 0 Å². The molecule has 1 rings (SSSR count). The number of rotatable bonds is 10. The fraction of sp³-hybridized carbons (Fsp3) is 1.00. The largest absolute Gasteiger partial charge is 0.500 e. The van der Waals surface area contributed by atoms with Crippen LogP contribution in [0.15, 0.2) is 0 Å². The molecule has 6 heteroatoms. The van der Waals surface area contributed by atoms with Crippen LogP contribution in [0.25, 0.3) is 0 Å². The molecule has 0 bridgehead atoms. The van der Waals surface area contributed by atoms with Gasteiger partial charge in [-0.3, -0.25) is 0 Å². The van der Waals surface area contributed by atoms with Gasteiger partial charge < -0.3 is 23.3 Å². The molecule has 114 valence electrons. The number of morpholine rings is 1. The Morgan fingerprint density at radius 1 is 1.16 bits per heavy atom. The summed E-state index contributed by atoms with van der Waals surface area (Å²) in [5.41, 5.74) is 0. The van der Waals surface area contributed by atoms with E-state index >= 15 is 0 Å². The molecule has 0 aliphatic carbocycles. The summed E-state index contributed by atoms with van der Waals surface area (Å²) in [5, 5.41) is 3.33. The van der Waals surface area contributed by atoms with Gasteiger partial charge in [0.15, 0.2) is 0 Å². The van der Waals surface area contributed by atoms with Gasteiger partial charge in [0, 0.05) is 39.0 Å². The Bertz CT molecular complexity index is 208. The highest BCUT2D eigenvalue weighted by Gasteiger charge is 2.39. The van der Waals surface area contributed by atoms with Crippen LogP contribution in [0.1, 0.15) is 33.6 Å². The molecule has 0 aromatic heterocycles. The Kier molecular flexibility index (Phi) is 8.85. The van der Waals surface area contributed by atoms with E-state index in [1.165, 1.54) is 0 Å². The molecular weight excluding hydrogens is 262 g/mol. The number of ether oxygens (including phenoxy) is 1. The van der Waals surface area contributed by atoms with Crippen LogP contribution in [0.3, 0.4) is 0 Å². The van der Waals surface area contributed by atoms with Gasteiger partial charge in [-0.05, 0) is 20.3 Å². The molecule has 1 unspecified atom stereocenters. The first-order chi connectivity index (χ1) is 9.26. The molecule has 0 amide bonds. The first-order valence-corrected chi connectivity index (χ1v) is 9.43. The molecule has 1 aliphatic heterocycles. The van der Waals surface area contributed by atoms with Gasteiger partial charge in [0.05, 0.1) is 12.7 Å². The van der Waals surface area contributed by atoms with Gasteiger partial charge in [0.25, 0.3) is 0 Å².